The Balaban J connectivity index is 2.33. The number of sulfonamides is 1. The molecule has 0 atom stereocenters. The fraction of sp³-hybridized carbons (Fsp3) is 0. The first kappa shape index (κ1) is 14.5. The lowest BCUT2D eigenvalue weighted by molar-refractivity contribution is 0.0690. The summed E-state index contributed by atoms with van der Waals surface area (Å²) in [5.74, 6) is -2.05. The normalized spacial score (nSPS) is 11.3. The Morgan fingerprint density at radius 2 is 2.10 bits per heavy atom. The van der Waals surface area contributed by atoms with Gasteiger partial charge < -0.3 is 5.11 Å². The molecule has 0 aliphatic heterocycles. The molecule has 0 radical (unpaired) electrons. The maximum atomic E-state index is 12.9. The van der Waals surface area contributed by atoms with Gasteiger partial charge in [0.2, 0.25) is 0 Å². The van der Waals surface area contributed by atoms with Gasteiger partial charge in [0.05, 0.1) is 0 Å². The fourth-order valence-corrected chi connectivity index (χ4v) is 3.41. The van der Waals surface area contributed by atoms with Gasteiger partial charge in [-0.25, -0.2) is 17.6 Å². The molecule has 1 aromatic carbocycles. The van der Waals surface area contributed by atoms with Crippen molar-refractivity contribution in [2.24, 2.45) is 0 Å². The van der Waals surface area contributed by atoms with E-state index < -0.39 is 21.8 Å². The number of nitrogens with zero attached hydrogens (tertiary/aromatic N) is 1. The number of halogens is 2. The third-order valence-corrected chi connectivity index (χ3v) is 4.56. The monoisotopic (exact) mass is 363 g/mol. The van der Waals surface area contributed by atoms with Crippen LogP contribution in [0.3, 0.4) is 0 Å². The Hall–Kier alpha value is -1.94. The van der Waals surface area contributed by atoms with Gasteiger partial charge in [0.25, 0.3) is 10.0 Å². The van der Waals surface area contributed by atoms with Gasteiger partial charge >= 0.3 is 5.97 Å². The number of hydrogen-bond donors (Lipinski definition) is 3. The molecule has 7 nitrogen and oxygen atoms in total. The van der Waals surface area contributed by atoms with E-state index in [0.29, 0.717) is 0 Å². The molecule has 1 heterocycles. The highest BCUT2D eigenvalue weighted by atomic mass is 79.9. The molecule has 0 saturated heterocycles. The van der Waals surface area contributed by atoms with Gasteiger partial charge in [0, 0.05) is 10.5 Å². The lowest BCUT2D eigenvalue weighted by Gasteiger charge is -2.07. The molecule has 3 N–H and O–H groups in total. The molecule has 0 fully saturated rings. The minimum Gasteiger partial charge on any atom is -0.477 e. The molecule has 0 bridgehead atoms. The number of H-pyrrole nitrogens is 1. The van der Waals surface area contributed by atoms with E-state index in [2.05, 4.69) is 30.8 Å². The van der Waals surface area contributed by atoms with Crippen LogP contribution in [-0.4, -0.2) is 29.7 Å². The predicted molar refractivity (Wildman–Crippen MR) is 70.5 cm³/mol. The highest BCUT2D eigenvalue weighted by Gasteiger charge is 2.20. The minimum atomic E-state index is -4.01. The van der Waals surface area contributed by atoms with Crippen molar-refractivity contribution in [1.82, 2.24) is 10.2 Å². The van der Waals surface area contributed by atoms with Gasteiger partial charge in [0.15, 0.2) is 5.82 Å². The summed E-state index contributed by atoms with van der Waals surface area (Å²) in [4.78, 5) is 10.4. The van der Waals surface area contributed by atoms with E-state index in [0.717, 1.165) is 24.3 Å². The first-order valence-electron chi connectivity index (χ1n) is 5.06. The third kappa shape index (κ3) is 2.96. The van der Waals surface area contributed by atoms with Crippen LogP contribution in [0.2, 0.25) is 0 Å². The number of hydrogen-bond acceptors (Lipinski definition) is 4. The number of carboxylic acids is 1. The quantitative estimate of drug-likeness (QED) is 0.766. The standard InChI is InChI=1S/C10H7BrFN3O4S/c11-6-3-5(12)1-2-8(6)20(18,19)15-9-4-7(10(16)17)13-14-9/h1-4H,(H,16,17)(H2,13,14,15). The molecule has 1 aromatic heterocycles. The second kappa shape index (κ2) is 5.21. The van der Waals surface area contributed by atoms with E-state index in [1.165, 1.54) is 0 Å². The molecule has 0 aliphatic carbocycles. The van der Waals surface area contributed by atoms with Crippen LogP contribution in [0.25, 0.3) is 0 Å². The molecule has 20 heavy (non-hydrogen) atoms. The highest BCUT2D eigenvalue weighted by molar-refractivity contribution is 9.10. The van der Waals surface area contributed by atoms with Crippen LogP contribution in [-0.2, 0) is 10.0 Å². The fourth-order valence-electron chi connectivity index (χ4n) is 1.37. The second-order valence-corrected chi connectivity index (χ2v) is 6.16. The van der Waals surface area contributed by atoms with Crippen molar-refractivity contribution in [3.63, 3.8) is 0 Å². The number of rotatable bonds is 4. The largest absolute Gasteiger partial charge is 0.477 e. The minimum absolute atomic E-state index is 0.0407. The summed E-state index contributed by atoms with van der Waals surface area (Å²) in [5.41, 5.74) is -0.263. The van der Waals surface area contributed by atoms with Gasteiger partial charge in [-0.1, -0.05) is 0 Å². The molecule has 106 valence electrons. The van der Waals surface area contributed by atoms with Crippen molar-refractivity contribution in [2.75, 3.05) is 4.72 Å². The first-order chi connectivity index (χ1) is 9.29. The van der Waals surface area contributed by atoms with Gasteiger partial charge in [-0.2, -0.15) is 5.10 Å². The van der Waals surface area contributed by atoms with Crippen LogP contribution in [0, 0.1) is 5.82 Å². The summed E-state index contributed by atoms with van der Waals surface area (Å²) < 4.78 is 39.1. The van der Waals surface area contributed by atoms with Crippen molar-refractivity contribution in [2.45, 2.75) is 4.90 Å². The number of aromatic nitrogens is 2. The van der Waals surface area contributed by atoms with Crippen molar-refractivity contribution < 1.29 is 22.7 Å². The van der Waals surface area contributed by atoms with E-state index in [4.69, 9.17) is 5.11 Å². The number of carbonyl (C=O) groups is 1. The van der Waals surface area contributed by atoms with Crippen molar-refractivity contribution in [3.8, 4) is 0 Å². The predicted octanol–water partition coefficient (Wildman–Crippen LogP) is 1.81. The average molecular weight is 364 g/mol. The van der Waals surface area contributed by atoms with Crippen molar-refractivity contribution >= 4 is 37.7 Å². The van der Waals surface area contributed by atoms with Gasteiger partial charge in [0.1, 0.15) is 16.4 Å². The molecule has 0 amide bonds. The molecule has 0 unspecified atom stereocenters. The topological polar surface area (TPSA) is 112 Å². The number of aromatic amines is 1. The van der Waals surface area contributed by atoms with E-state index in [9.17, 15) is 17.6 Å². The Bertz CT molecular complexity index is 775. The maximum absolute atomic E-state index is 12.9. The zero-order valence-electron chi connectivity index (χ0n) is 9.59. The number of benzene rings is 1. The molecule has 10 heteroatoms. The zero-order chi connectivity index (χ0) is 14.9. The Kier molecular flexibility index (Phi) is 3.77. The van der Waals surface area contributed by atoms with Crippen LogP contribution in [0.1, 0.15) is 10.5 Å². The van der Waals surface area contributed by atoms with Crippen LogP contribution in [0.5, 0.6) is 0 Å². The van der Waals surface area contributed by atoms with Gasteiger partial charge in [-0.15, -0.1) is 0 Å². The Morgan fingerprint density at radius 3 is 2.65 bits per heavy atom. The summed E-state index contributed by atoms with van der Waals surface area (Å²) in [6.45, 7) is 0. The Morgan fingerprint density at radius 1 is 1.40 bits per heavy atom. The number of nitrogens with one attached hydrogen (secondary N) is 2. The third-order valence-electron chi connectivity index (χ3n) is 2.23. The number of carboxylic acid groups (broad SMARTS) is 1. The van der Waals surface area contributed by atoms with Crippen LogP contribution in [0.15, 0.2) is 33.6 Å². The van der Waals surface area contributed by atoms with E-state index in [1.807, 2.05) is 0 Å². The zero-order valence-corrected chi connectivity index (χ0v) is 12.0. The van der Waals surface area contributed by atoms with E-state index >= 15 is 0 Å². The van der Waals surface area contributed by atoms with Crippen LogP contribution < -0.4 is 4.72 Å². The van der Waals surface area contributed by atoms with E-state index in [-0.39, 0.29) is 20.9 Å². The van der Waals surface area contributed by atoms with Crippen LogP contribution in [0.4, 0.5) is 10.2 Å². The molecule has 2 rings (SSSR count). The molecule has 2 aromatic rings. The van der Waals surface area contributed by atoms with Crippen LogP contribution >= 0.6 is 15.9 Å². The SMILES string of the molecule is O=C(O)c1cc(NS(=O)(=O)c2ccc(F)cc2Br)n[nH]1. The van der Waals surface area contributed by atoms with Crippen molar-refractivity contribution in [3.05, 3.63) is 40.2 Å². The summed E-state index contributed by atoms with van der Waals surface area (Å²) >= 11 is 2.94. The van der Waals surface area contributed by atoms with E-state index in [1.54, 1.807) is 0 Å². The summed E-state index contributed by atoms with van der Waals surface area (Å²) in [5, 5.41) is 14.4. The van der Waals surface area contributed by atoms with Crippen molar-refractivity contribution in [1.29, 1.82) is 0 Å². The number of anilines is 1. The second-order valence-electron chi connectivity index (χ2n) is 3.65. The first-order valence-corrected chi connectivity index (χ1v) is 7.34. The summed E-state index contributed by atoms with van der Waals surface area (Å²) in [6, 6.07) is 4.10. The lowest BCUT2D eigenvalue weighted by Crippen LogP contribution is -2.14. The molecule has 0 saturated carbocycles. The summed E-state index contributed by atoms with van der Waals surface area (Å²) in [7, 11) is -4.01. The van der Waals surface area contributed by atoms with Gasteiger partial charge in [-0.3, -0.25) is 9.82 Å². The van der Waals surface area contributed by atoms with Gasteiger partial charge in [-0.05, 0) is 34.1 Å². The molecule has 0 spiro atoms. The highest BCUT2D eigenvalue weighted by Crippen LogP contribution is 2.24. The molecular formula is C10H7BrFN3O4S. The molecule has 0 aliphatic rings. The summed E-state index contributed by atoms with van der Waals surface area (Å²) in [6.07, 6.45) is 0. The smallest absolute Gasteiger partial charge is 0.353 e. The molecular weight excluding hydrogens is 357 g/mol. The maximum Gasteiger partial charge on any atom is 0.353 e. The Labute approximate surface area is 121 Å². The lowest BCUT2D eigenvalue weighted by atomic mass is 10.3. The number of aromatic carboxylic acids is 1. The average Bonchev–Trinajstić information content (AvgIpc) is 2.76.